The number of carbonyl (C=O) groups is 4. The van der Waals surface area contributed by atoms with E-state index in [1.807, 2.05) is 6.07 Å². The van der Waals surface area contributed by atoms with Crippen LogP contribution in [0.4, 0.5) is 5.69 Å². The molecule has 6 rings (SSSR count). The molecule has 41 heavy (non-hydrogen) atoms. The van der Waals surface area contributed by atoms with Crippen molar-refractivity contribution >= 4 is 52.5 Å². The highest BCUT2D eigenvalue weighted by Crippen LogP contribution is 2.53. The van der Waals surface area contributed by atoms with Crippen LogP contribution < -0.4 is 9.77 Å². The van der Waals surface area contributed by atoms with Crippen LogP contribution in [0.1, 0.15) is 33.6 Å². The van der Waals surface area contributed by atoms with E-state index in [2.05, 4.69) is 4.98 Å². The number of ether oxygens (including phenoxy) is 2. The minimum absolute atomic E-state index is 0.157. The lowest BCUT2D eigenvalue weighted by Gasteiger charge is -2.31. The quantitative estimate of drug-likeness (QED) is 0.311. The molecule has 3 aliphatic heterocycles. The average molecular weight is 595 g/mol. The summed E-state index contributed by atoms with van der Waals surface area (Å²) in [7, 11) is 0. The first-order valence-corrected chi connectivity index (χ1v) is 14.9. The van der Waals surface area contributed by atoms with Crippen LogP contribution >= 0.6 is 23.1 Å². The minimum Gasteiger partial charge on any atom is -0.462 e. The Balaban J connectivity index is 1.37. The van der Waals surface area contributed by atoms with E-state index < -0.39 is 34.9 Å². The summed E-state index contributed by atoms with van der Waals surface area (Å²) in [5.41, 5.74) is 1.36. The smallest absolute Gasteiger partial charge is 0.338 e. The molecule has 212 valence electrons. The second-order valence-electron chi connectivity index (χ2n) is 9.72. The van der Waals surface area contributed by atoms with Crippen LogP contribution in [-0.4, -0.2) is 76.3 Å². The fraction of sp³-hybridized carbons (Fsp3) is 0.357. The lowest BCUT2D eigenvalue weighted by molar-refractivity contribution is -0.136. The fourth-order valence-corrected chi connectivity index (χ4v) is 8.21. The van der Waals surface area contributed by atoms with Crippen molar-refractivity contribution in [1.29, 1.82) is 0 Å². The number of pyridine rings is 1. The highest BCUT2D eigenvalue weighted by atomic mass is 32.2. The highest BCUT2D eigenvalue weighted by Gasteiger charge is 2.57. The Bertz CT molecular complexity index is 1560. The lowest BCUT2D eigenvalue weighted by Crippen LogP contribution is -2.43. The summed E-state index contributed by atoms with van der Waals surface area (Å²) in [6, 6.07) is 9.73. The van der Waals surface area contributed by atoms with Gasteiger partial charge in [-0.15, -0.1) is 0 Å². The van der Waals surface area contributed by atoms with Gasteiger partial charge >= 0.3 is 10.8 Å². The topological polar surface area (TPSA) is 128 Å². The van der Waals surface area contributed by atoms with Gasteiger partial charge in [0.1, 0.15) is 11.8 Å². The number of hydrogen-bond acceptors (Lipinski definition) is 10. The number of amides is 3. The van der Waals surface area contributed by atoms with E-state index in [-0.39, 0.29) is 23.9 Å². The van der Waals surface area contributed by atoms with Gasteiger partial charge in [-0.25, -0.2) is 9.69 Å². The predicted octanol–water partition coefficient (Wildman–Crippen LogP) is 2.14. The van der Waals surface area contributed by atoms with E-state index in [0.717, 1.165) is 28.0 Å². The van der Waals surface area contributed by atoms with Gasteiger partial charge in [0.05, 0.1) is 42.0 Å². The molecule has 2 fully saturated rings. The van der Waals surface area contributed by atoms with Crippen molar-refractivity contribution in [2.24, 2.45) is 5.92 Å². The van der Waals surface area contributed by atoms with E-state index in [1.165, 1.54) is 16.7 Å². The number of hydrogen-bond donors (Lipinski definition) is 0. The first-order valence-electron chi connectivity index (χ1n) is 13.2. The van der Waals surface area contributed by atoms with Crippen molar-refractivity contribution in [3.05, 3.63) is 74.5 Å². The van der Waals surface area contributed by atoms with Gasteiger partial charge in [-0.2, -0.15) is 0 Å². The van der Waals surface area contributed by atoms with Gasteiger partial charge < -0.3 is 14.4 Å². The zero-order chi connectivity index (χ0) is 28.7. The summed E-state index contributed by atoms with van der Waals surface area (Å²) in [4.78, 5) is 73.6. The van der Waals surface area contributed by atoms with Gasteiger partial charge in [0.25, 0.3) is 0 Å². The number of rotatable bonds is 6. The molecule has 0 bridgehead atoms. The van der Waals surface area contributed by atoms with Crippen molar-refractivity contribution in [2.75, 3.05) is 37.8 Å². The molecule has 0 spiro atoms. The molecule has 3 atom stereocenters. The summed E-state index contributed by atoms with van der Waals surface area (Å²) in [6.07, 6.45) is 3.26. The molecule has 2 saturated heterocycles. The van der Waals surface area contributed by atoms with Crippen molar-refractivity contribution in [1.82, 2.24) is 14.5 Å². The highest BCUT2D eigenvalue weighted by molar-refractivity contribution is 8.00. The first-order chi connectivity index (χ1) is 19.9. The van der Waals surface area contributed by atoms with Crippen LogP contribution in [0.25, 0.3) is 0 Å². The van der Waals surface area contributed by atoms with Crippen LogP contribution in [0.3, 0.4) is 0 Å². The first kappa shape index (κ1) is 27.4. The number of imide groups is 1. The Morgan fingerprint density at radius 3 is 2.51 bits per heavy atom. The van der Waals surface area contributed by atoms with Crippen LogP contribution in [0.15, 0.2) is 58.6 Å². The number of anilines is 1. The molecule has 0 aliphatic carbocycles. The van der Waals surface area contributed by atoms with Gasteiger partial charge in [-0.05, 0) is 42.8 Å². The van der Waals surface area contributed by atoms with Crippen molar-refractivity contribution in [3.63, 3.8) is 0 Å². The maximum atomic E-state index is 14.0. The molecule has 2 aromatic heterocycles. The normalized spacial score (nSPS) is 21.9. The van der Waals surface area contributed by atoms with Gasteiger partial charge in [0, 0.05) is 36.3 Å². The Kier molecular flexibility index (Phi) is 7.49. The van der Waals surface area contributed by atoms with Crippen LogP contribution in [0.5, 0.6) is 0 Å². The fourth-order valence-electron chi connectivity index (χ4n) is 5.44. The molecule has 5 heterocycles. The minimum atomic E-state index is -0.816. The summed E-state index contributed by atoms with van der Waals surface area (Å²) in [5.74, 6) is -2.88. The molecule has 0 saturated carbocycles. The van der Waals surface area contributed by atoms with Crippen molar-refractivity contribution < 1.29 is 28.7 Å². The van der Waals surface area contributed by atoms with Crippen LogP contribution in [0, 0.1) is 5.92 Å². The van der Waals surface area contributed by atoms with E-state index in [9.17, 15) is 24.0 Å². The summed E-state index contributed by atoms with van der Waals surface area (Å²) >= 11 is 2.16. The molecule has 3 amide bonds. The Labute approximate surface area is 243 Å². The third kappa shape index (κ3) is 4.87. The zero-order valence-electron chi connectivity index (χ0n) is 22.1. The zero-order valence-corrected chi connectivity index (χ0v) is 23.7. The second kappa shape index (κ2) is 11.2. The number of fused-ring (bicyclic) bond motifs is 2. The molecule has 1 aromatic carbocycles. The number of morpholine rings is 1. The van der Waals surface area contributed by atoms with Gasteiger partial charge in [0.15, 0.2) is 0 Å². The number of aromatic nitrogens is 2. The molecule has 3 aromatic rings. The van der Waals surface area contributed by atoms with E-state index in [4.69, 9.17) is 9.47 Å². The molecular weight excluding hydrogens is 568 g/mol. The average Bonchev–Trinajstić information content (AvgIpc) is 3.44. The molecule has 3 unspecified atom stereocenters. The lowest BCUT2D eigenvalue weighted by atomic mass is 9.84. The van der Waals surface area contributed by atoms with Crippen LogP contribution in [0.2, 0.25) is 0 Å². The summed E-state index contributed by atoms with van der Waals surface area (Å²) in [6.45, 7) is 3.57. The van der Waals surface area contributed by atoms with Crippen molar-refractivity contribution in [3.8, 4) is 0 Å². The maximum Gasteiger partial charge on any atom is 0.338 e. The molecule has 0 N–H and O–H groups in total. The molecule has 3 aliphatic rings. The van der Waals surface area contributed by atoms with Gasteiger partial charge in [-0.3, -0.25) is 28.7 Å². The van der Waals surface area contributed by atoms with E-state index >= 15 is 0 Å². The van der Waals surface area contributed by atoms with E-state index in [0.29, 0.717) is 53.0 Å². The number of carbonyl (C=O) groups excluding carboxylic acids is 4. The molecular formula is C28H26N4O7S2. The monoisotopic (exact) mass is 594 g/mol. The largest absolute Gasteiger partial charge is 0.462 e. The Hall–Kier alpha value is -3.81. The van der Waals surface area contributed by atoms with Gasteiger partial charge in [-0.1, -0.05) is 29.2 Å². The van der Waals surface area contributed by atoms with Crippen molar-refractivity contribution in [2.45, 2.75) is 29.7 Å². The Morgan fingerprint density at radius 1 is 1.07 bits per heavy atom. The Morgan fingerprint density at radius 2 is 1.83 bits per heavy atom. The summed E-state index contributed by atoms with van der Waals surface area (Å²) < 4.78 is 11.8. The van der Waals surface area contributed by atoms with Crippen LogP contribution in [-0.2, 0) is 30.4 Å². The number of thiazole rings is 1. The number of nitrogens with zero attached hydrogens (tertiary/aromatic N) is 4. The van der Waals surface area contributed by atoms with Gasteiger partial charge in [0.2, 0.25) is 17.7 Å². The second-order valence-corrected chi connectivity index (χ2v) is 11.8. The standard InChI is InChI=1S/C28H26N4O7S2/c1-2-39-27(36)16-5-7-18(8-6-16)32-24(34)21-20(17-4-3-9-29-14-17)23-26(40-22(21)25(32)35)31(28(37)41-23)15-19(33)30-10-12-38-13-11-30/h3-9,14,20-22H,2,10-13,15H2,1H3. The number of esters is 1. The third-order valence-electron chi connectivity index (χ3n) is 7.39. The van der Waals surface area contributed by atoms with E-state index in [1.54, 1.807) is 42.4 Å². The SMILES string of the molecule is CCOC(=O)c1ccc(N2C(=O)C3Sc4c(sc(=O)n4CC(=O)N4CCOCC4)C(c4cccnc4)C3C2=O)cc1. The number of thioether (sulfide) groups is 1. The number of benzene rings is 1. The molecule has 13 heteroatoms. The molecule has 0 radical (unpaired) electrons. The molecule has 11 nitrogen and oxygen atoms in total. The maximum absolute atomic E-state index is 14.0. The third-order valence-corrected chi connectivity index (χ3v) is 9.99. The predicted molar refractivity (Wildman–Crippen MR) is 150 cm³/mol. The summed E-state index contributed by atoms with van der Waals surface area (Å²) in [5, 5.41) is -0.291.